The standard InChI is InChI=1S/C25H33N3O4S/c1-26-23(29)11-7-2-3-8-12-24(30)28-25-31-20(18-33-21-13-15-27-16-14-21)17-22(32-25)19-9-5-4-6-10-19/h4-6,9-10,13-16,20,22,25H,2-3,7-8,11-12,17-18H2,1H3,(H,26,29)(H,28,30). The summed E-state index contributed by atoms with van der Waals surface area (Å²) in [6.07, 6.45) is 7.71. The van der Waals surface area contributed by atoms with Gasteiger partial charge in [0, 0.05) is 49.4 Å². The van der Waals surface area contributed by atoms with E-state index < -0.39 is 6.41 Å². The van der Waals surface area contributed by atoms with Crippen LogP contribution < -0.4 is 10.6 Å². The number of nitrogens with zero attached hydrogens (tertiary/aromatic N) is 1. The molecule has 1 saturated heterocycles. The fourth-order valence-corrected chi connectivity index (χ4v) is 4.55. The Bertz CT molecular complexity index is 853. The highest BCUT2D eigenvalue weighted by Crippen LogP contribution is 2.32. The second kappa shape index (κ2) is 14.0. The first-order valence-corrected chi connectivity index (χ1v) is 12.5. The summed E-state index contributed by atoms with van der Waals surface area (Å²) in [6.45, 7) is 0. The fraction of sp³-hybridized carbons (Fsp3) is 0.480. The summed E-state index contributed by atoms with van der Waals surface area (Å²) < 4.78 is 12.2. The monoisotopic (exact) mass is 471 g/mol. The molecule has 1 fully saturated rings. The van der Waals surface area contributed by atoms with Crippen molar-refractivity contribution in [3.63, 3.8) is 0 Å². The van der Waals surface area contributed by atoms with Crippen molar-refractivity contribution >= 4 is 23.6 Å². The van der Waals surface area contributed by atoms with Crippen LogP contribution in [0.2, 0.25) is 0 Å². The molecule has 33 heavy (non-hydrogen) atoms. The maximum absolute atomic E-state index is 12.5. The Balaban J connectivity index is 1.47. The molecule has 1 aliphatic rings. The number of carbonyl (C=O) groups is 2. The van der Waals surface area contributed by atoms with Gasteiger partial charge in [0.15, 0.2) is 0 Å². The summed E-state index contributed by atoms with van der Waals surface area (Å²) in [7, 11) is 1.65. The number of hydrogen-bond donors (Lipinski definition) is 2. The molecular weight excluding hydrogens is 438 g/mol. The lowest BCUT2D eigenvalue weighted by atomic mass is 10.0. The van der Waals surface area contributed by atoms with Crippen molar-refractivity contribution in [1.29, 1.82) is 0 Å². The number of carbonyl (C=O) groups excluding carboxylic acids is 2. The van der Waals surface area contributed by atoms with E-state index >= 15 is 0 Å². The topological polar surface area (TPSA) is 89.6 Å². The van der Waals surface area contributed by atoms with Crippen LogP contribution in [-0.4, -0.2) is 42.1 Å². The van der Waals surface area contributed by atoms with E-state index in [1.807, 2.05) is 42.5 Å². The SMILES string of the molecule is CNC(=O)CCCCCCC(=O)NC1OC(CSc2ccncc2)CC(c2ccccc2)O1. The van der Waals surface area contributed by atoms with Crippen molar-refractivity contribution in [3.05, 3.63) is 60.4 Å². The molecule has 0 saturated carbocycles. The van der Waals surface area contributed by atoms with Crippen molar-refractivity contribution in [2.75, 3.05) is 12.8 Å². The van der Waals surface area contributed by atoms with E-state index in [0.717, 1.165) is 48.3 Å². The summed E-state index contributed by atoms with van der Waals surface area (Å²) in [5.41, 5.74) is 1.08. The highest BCUT2D eigenvalue weighted by Gasteiger charge is 2.32. The third-order valence-corrected chi connectivity index (χ3v) is 6.60. The minimum absolute atomic E-state index is 0.0582. The number of hydrogen-bond acceptors (Lipinski definition) is 6. The molecule has 1 aliphatic heterocycles. The van der Waals surface area contributed by atoms with Crippen LogP contribution in [0.3, 0.4) is 0 Å². The molecule has 2 N–H and O–H groups in total. The number of ether oxygens (including phenoxy) is 2. The van der Waals surface area contributed by atoms with Crippen molar-refractivity contribution in [2.45, 2.75) is 68.5 Å². The highest BCUT2D eigenvalue weighted by atomic mass is 32.2. The molecule has 2 aromatic rings. The Kier molecular flexibility index (Phi) is 10.7. The number of pyridine rings is 1. The van der Waals surface area contributed by atoms with Gasteiger partial charge in [-0.25, -0.2) is 0 Å². The first-order valence-electron chi connectivity index (χ1n) is 11.5. The molecule has 1 aromatic carbocycles. The van der Waals surface area contributed by atoms with Gasteiger partial charge in [-0.1, -0.05) is 43.2 Å². The van der Waals surface area contributed by atoms with E-state index in [1.54, 1.807) is 31.2 Å². The van der Waals surface area contributed by atoms with Crippen molar-refractivity contribution in [3.8, 4) is 0 Å². The van der Waals surface area contributed by atoms with Gasteiger partial charge in [0.1, 0.15) is 0 Å². The van der Waals surface area contributed by atoms with E-state index in [4.69, 9.17) is 9.47 Å². The Labute approximate surface area is 200 Å². The lowest BCUT2D eigenvalue weighted by Gasteiger charge is -2.36. The van der Waals surface area contributed by atoms with Crippen LogP contribution in [0.4, 0.5) is 0 Å². The van der Waals surface area contributed by atoms with E-state index in [-0.39, 0.29) is 24.0 Å². The predicted octanol–water partition coefficient (Wildman–Crippen LogP) is 4.21. The quantitative estimate of drug-likeness (QED) is 0.356. The number of nitrogens with one attached hydrogen (secondary N) is 2. The van der Waals surface area contributed by atoms with Crippen molar-refractivity contribution in [2.24, 2.45) is 0 Å². The van der Waals surface area contributed by atoms with E-state index in [2.05, 4.69) is 15.6 Å². The maximum atomic E-state index is 12.5. The number of unbranched alkanes of at least 4 members (excludes halogenated alkanes) is 3. The van der Waals surface area contributed by atoms with Crippen LogP contribution in [-0.2, 0) is 19.1 Å². The molecule has 2 heterocycles. The van der Waals surface area contributed by atoms with E-state index in [0.29, 0.717) is 12.8 Å². The van der Waals surface area contributed by atoms with Gasteiger partial charge in [0.25, 0.3) is 0 Å². The Morgan fingerprint density at radius 3 is 2.36 bits per heavy atom. The first kappa shape index (κ1) is 25.2. The number of aromatic nitrogens is 1. The molecular formula is C25H33N3O4S. The minimum atomic E-state index is -0.771. The van der Waals surface area contributed by atoms with Gasteiger partial charge in [-0.3, -0.25) is 14.6 Å². The third-order valence-electron chi connectivity index (χ3n) is 5.45. The summed E-state index contributed by atoms with van der Waals surface area (Å²) in [5, 5.41) is 5.52. The lowest BCUT2D eigenvalue weighted by molar-refractivity contribution is -0.251. The molecule has 3 unspecified atom stereocenters. The van der Waals surface area contributed by atoms with Crippen LogP contribution in [0, 0.1) is 0 Å². The van der Waals surface area contributed by atoms with Gasteiger partial charge in [0.05, 0.1) is 12.2 Å². The molecule has 0 bridgehead atoms. The zero-order chi connectivity index (χ0) is 23.3. The fourth-order valence-electron chi connectivity index (χ4n) is 3.64. The molecule has 3 rings (SSSR count). The summed E-state index contributed by atoms with van der Waals surface area (Å²) >= 11 is 1.71. The maximum Gasteiger partial charge on any atom is 0.240 e. The molecule has 178 valence electrons. The smallest absolute Gasteiger partial charge is 0.240 e. The molecule has 8 heteroatoms. The number of rotatable bonds is 12. The molecule has 7 nitrogen and oxygen atoms in total. The Hall–Kier alpha value is -2.42. The summed E-state index contributed by atoms with van der Waals surface area (Å²) in [6, 6.07) is 14.0. The van der Waals surface area contributed by atoms with Crippen LogP contribution in [0.1, 0.15) is 56.6 Å². The second-order valence-electron chi connectivity index (χ2n) is 8.01. The summed E-state index contributed by atoms with van der Waals surface area (Å²) in [5.74, 6) is 0.735. The zero-order valence-corrected chi connectivity index (χ0v) is 19.9. The van der Waals surface area contributed by atoms with Gasteiger partial charge in [-0.15, -0.1) is 11.8 Å². The molecule has 0 radical (unpaired) electrons. The van der Waals surface area contributed by atoms with Gasteiger partial charge in [0.2, 0.25) is 18.2 Å². The number of benzene rings is 1. The van der Waals surface area contributed by atoms with Crippen LogP contribution >= 0.6 is 11.8 Å². The highest BCUT2D eigenvalue weighted by molar-refractivity contribution is 7.99. The van der Waals surface area contributed by atoms with E-state index in [9.17, 15) is 9.59 Å². The van der Waals surface area contributed by atoms with Gasteiger partial charge in [-0.05, 0) is 30.5 Å². The van der Waals surface area contributed by atoms with Gasteiger partial charge < -0.3 is 20.1 Å². The second-order valence-corrected chi connectivity index (χ2v) is 9.10. The molecule has 0 spiro atoms. The number of amides is 2. The van der Waals surface area contributed by atoms with Crippen molar-refractivity contribution < 1.29 is 19.1 Å². The van der Waals surface area contributed by atoms with Gasteiger partial charge in [-0.2, -0.15) is 0 Å². The summed E-state index contributed by atoms with van der Waals surface area (Å²) in [4.78, 5) is 28.9. The van der Waals surface area contributed by atoms with Crippen molar-refractivity contribution in [1.82, 2.24) is 15.6 Å². The molecule has 3 atom stereocenters. The normalized spacial score (nSPS) is 20.2. The minimum Gasteiger partial charge on any atom is -0.359 e. The predicted molar refractivity (Wildman–Crippen MR) is 128 cm³/mol. The largest absolute Gasteiger partial charge is 0.359 e. The Morgan fingerprint density at radius 1 is 0.970 bits per heavy atom. The molecule has 1 aromatic heterocycles. The lowest BCUT2D eigenvalue weighted by Crippen LogP contribution is -2.46. The molecule has 2 amide bonds. The van der Waals surface area contributed by atoms with Crippen LogP contribution in [0.25, 0.3) is 0 Å². The Morgan fingerprint density at radius 2 is 1.67 bits per heavy atom. The van der Waals surface area contributed by atoms with Crippen LogP contribution in [0.5, 0.6) is 0 Å². The number of thioether (sulfide) groups is 1. The van der Waals surface area contributed by atoms with E-state index in [1.165, 1.54) is 0 Å². The van der Waals surface area contributed by atoms with Gasteiger partial charge >= 0.3 is 0 Å². The average Bonchev–Trinajstić information content (AvgIpc) is 2.85. The molecule has 0 aliphatic carbocycles. The zero-order valence-electron chi connectivity index (χ0n) is 19.1. The third kappa shape index (κ3) is 9.15. The van der Waals surface area contributed by atoms with Crippen LogP contribution in [0.15, 0.2) is 59.8 Å². The average molecular weight is 472 g/mol. The first-order chi connectivity index (χ1) is 16.1.